The molecule has 0 spiro atoms. The van der Waals surface area contributed by atoms with Gasteiger partial charge in [0.2, 0.25) is 0 Å². The molecule has 1 N–H and O–H groups in total. The molecule has 0 aromatic heterocycles. The van der Waals surface area contributed by atoms with Crippen molar-refractivity contribution in [2.24, 2.45) is 11.3 Å². The highest BCUT2D eigenvalue weighted by atomic mass is 16.5. The number of para-hydroxylation sites is 1. The van der Waals surface area contributed by atoms with Crippen LogP contribution in [-0.2, 0) is 0 Å². The largest absolute Gasteiger partial charge is 0.496 e. The van der Waals surface area contributed by atoms with Crippen molar-refractivity contribution in [3.63, 3.8) is 0 Å². The van der Waals surface area contributed by atoms with Gasteiger partial charge in [-0.2, -0.15) is 0 Å². The highest BCUT2D eigenvalue weighted by molar-refractivity contribution is 5.37. The third-order valence-corrected chi connectivity index (χ3v) is 4.73. The van der Waals surface area contributed by atoms with Crippen molar-refractivity contribution in [2.45, 2.75) is 46.0 Å². The van der Waals surface area contributed by atoms with Gasteiger partial charge in [0.1, 0.15) is 5.75 Å². The molecular weight excluding hydrogens is 246 g/mol. The first-order valence-electron chi connectivity index (χ1n) is 7.91. The monoisotopic (exact) mass is 275 g/mol. The lowest BCUT2D eigenvalue weighted by atomic mass is 9.65. The van der Waals surface area contributed by atoms with Crippen LogP contribution in [0.15, 0.2) is 24.3 Å². The fraction of sp³-hybridized carbons (Fsp3) is 0.667. The van der Waals surface area contributed by atoms with E-state index < -0.39 is 0 Å². The summed E-state index contributed by atoms with van der Waals surface area (Å²) in [7, 11) is 1.78. The van der Waals surface area contributed by atoms with E-state index in [-0.39, 0.29) is 0 Å². The maximum Gasteiger partial charge on any atom is 0.122 e. The lowest BCUT2D eigenvalue weighted by Crippen LogP contribution is -2.35. The maximum absolute atomic E-state index is 5.60. The van der Waals surface area contributed by atoms with Crippen LogP contribution in [0.5, 0.6) is 5.75 Å². The van der Waals surface area contributed by atoms with Gasteiger partial charge < -0.3 is 10.1 Å². The zero-order valence-corrected chi connectivity index (χ0v) is 13.4. The summed E-state index contributed by atoms with van der Waals surface area (Å²) in [6.07, 6.45) is 3.89. The fourth-order valence-corrected chi connectivity index (χ4v) is 3.55. The van der Waals surface area contributed by atoms with Gasteiger partial charge in [-0.3, -0.25) is 0 Å². The Balaban J connectivity index is 2.26. The van der Waals surface area contributed by atoms with E-state index >= 15 is 0 Å². The van der Waals surface area contributed by atoms with Crippen molar-refractivity contribution in [2.75, 3.05) is 20.2 Å². The molecular formula is C18H29NO. The average molecular weight is 275 g/mol. The molecule has 2 rings (SSSR count). The topological polar surface area (TPSA) is 21.3 Å². The van der Waals surface area contributed by atoms with E-state index in [1.165, 1.54) is 24.8 Å². The van der Waals surface area contributed by atoms with Crippen molar-refractivity contribution in [1.82, 2.24) is 5.32 Å². The van der Waals surface area contributed by atoms with Crippen LogP contribution in [0, 0.1) is 11.3 Å². The summed E-state index contributed by atoms with van der Waals surface area (Å²) in [6, 6.07) is 8.56. The minimum absolute atomic E-state index is 0.439. The van der Waals surface area contributed by atoms with Crippen LogP contribution in [-0.4, -0.2) is 20.2 Å². The second-order valence-electron chi connectivity index (χ2n) is 6.82. The summed E-state index contributed by atoms with van der Waals surface area (Å²) in [6.45, 7) is 9.16. The summed E-state index contributed by atoms with van der Waals surface area (Å²) in [5.74, 6) is 2.38. The molecule has 2 heteroatoms. The Labute approximate surface area is 123 Å². The Bertz CT molecular complexity index is 427. The third-order valence-electron chi connectivity index (χ3n) is 4.73. The van der Waals surface area contributed by atoms with Crippen LogP contribution in [0.2, 0.25) is 0 Å². The zero-order valence-electron chi connectivity index (χ0n) is 13.4. The van der Waals surface area contributed by atoms with Crippen LogP contribution < -0.4 is 10.1 Å². The number of nitrogens with one attached hydrogen (secondary N) is 1. The van der Waals surface area contributed by atoms with Crippen molar-refractivity contribution < 1.29 is 4.74 Å². The number of hydrogen-bond donors (Lipinski definition) is 1. The molecule has 1 aliphatic carbocycles. The van der Waals surface area contributed by atoms with Crippen molar-refractivity contribution in [1.29, 1.82) is 0 Å². The van der Waals surface area contributed by atoms with Gasteiger partial charge in [0.25, 0.3) is 0 Å². The van der Waals surface area contributed by atoms with Crippen LogP contribution in [0.25, 0.3) is 0 Å². The molecule has 112 valence electrons. The lowest BCUT2D eigenvalue weighted by molar-refractivity contribution is 0.158. The average Bonchev–Trinajstić information content (AvgIpc) is 2.45. The second kappa shape index (κ2) is 6.62. The van der Waals surface area contributed by atoms with Gasteiger partial charge in [-0.25, -0.2) is 0 Å². The van der Waals surface area contributed by atoms with Crippen LogP contribution in [0.3, 0.4) is 0 Å². The van der Waals surface area contributed by atoms with E-state index in [0.717, 1.165) is 24.8 Å². The molecule has 20 heavy (non-hydrogen) atoms. The number of methoxy groups -OCH3 is 1. The Kier molecular flexibility index (Phi) is 5.09. The maximum atomic E-state index is 5.60. The fourth-order valence-electron chi connectivity index (χ4n) is 3.55. The Morgan fingerprint density at radius 1 is 1.30 bits per heavy atom. The van der Waals surface area contributed by atoms with E-state index in [1.54, 1.807) is 7.11 Å². The van der Waals surface area contributed by atoms with Gasteiger partial charge in [-0.05, 0) is 61.2 Å². The first-order valence-corrected chi connectivity index (χ1v) is 7.91. The molecule has 1 aromatic rings. The Morgan fingerprint density at radius 2 is 2.05 bits per heavy atom. The molecule has 0 bridgehead atoms. The molecule has 0 amide bonds. The van der Waals surface area contributed by atoms with Crippen LogP contribution >= 0.6 is 0 Å². The van der Waals surface area contributed by atoms with E-state index in [4.69, 9.17) is 4.74 Å². The quantitative estimate of drug-likeness (QED) is 0.869. The molecule has 0 aliphatic heterocycles. The molecule has 1 aliphatic rings. The van der Waals surface area contributed by atoms with E-state index in [2.05, 4.69) is 50.4 Å². The van der Waals surface area contributed by atoms with Gasteiger partial charge in [-0.15, -0.1) is 0 Å². The smallest absolute Gasteiger partial charge is 0.122 e. The van der Waals surface area contributed by atoms with E-state index in [0.29, 0.717) is 11.3 Å². The Hall–Kier alpha value is -1.02. The van der Waals surface area contributed by atoms with E-state index in [9.17, 15) is 0 Å². The summed E-state index contributed by atoms with van der Waals surface area (Å²) >= 11 is 0. The minimum atomic E-state index is 0.439. The van der Waals surface area contributed by atoms with Gasteiger partial charge in [-0.1, -0.05) is 39.0 Å². The molecule has 0 saturated heterocycles. The SMILES string of the molecule is CCNCC1CCC(C)(C)CC1c1ccccc1OC. The zero-order chi connectivity index (χ0) is 14.6. The molecule has 0 heterocycles. The Morgan fingerprint density at radius 3 is 2.75 bits per heavy atom. The first-order chi connectivity index (χ1) is 9.57. The van der Waals surface area contributed by atoms with E-state index in [1.807, 2.05) is 0 Å². The first kappa shape index (κ1) is 15.4. The predicted octanol–water partition coefficient (Wildman–Crippen LogP) is 4.21. The number of rotatable bonds is 5. The molecule has 2 atom stereocenters. The minimum Gasteiger partial charge on any atom is -0.496 e. The molecule has 1 aromatic carbocycles. The predicted molar refractivity (Wildman–Crippen MR) is 85.4 cm³/mol. The number of benzene rings is 1. The molecule has 2 unspecified atom stereocenters. The van der Waals surface area contributed by atoms with Crippen LogP contribution in [0.4, 0.5) is 0 Å². The number of ether oxygens (including phenoxy) is 1. The summed E-state index contributed by atoms with van der Waals surface area (Å²) in [5, 5.41) is 3.54. The highest BCUT2D eigenvalue weighted by Gasteiger charge is 2.36. The second-order valence-corrected chi connectivity index (χ2v) is 6.82. The van der Waals surface area contributed by atoms with Gasteiger partial charge in [0, 0.05) is 0 Å². The van der Waals surface area contributed by atoms with Gasteiger partial charge in [0.05, 0.1) is 7.11 Å². The highest BCUT2D eigenvalue weighted by Crippen LogP contribution is 2.48. The van der Waals surface area contributed by atoms with Gasteiger partial charge >= 0.3 is 0 Å². The summed E-state index contributed by atoms with van der Waals surface area (Å²) < 4.78 is 5.60. The van der Waals surface area contributed by atoms with Gasteiger partial charge in [0.15, 0.2) is 0 Å². The molecule has 1 fully saturated rings. The molecule has 2 nitrogen and oxygen atoms in total. The lowest BCUT2D eigenvalue weighted by Gasteiger charge is -2.41. The van der Waals surface area contributed by atoms with Crippen molar-refractivity contribution in [3.05, 3.63) is 29.8 Å². The molecule has 0 radical (unpaired) electrons. The van der Waals surface area contributed by atoms with Crippen LogP contribution in [0.1, 0.15) is 51.5 Å². The van der Waals surface area contributed by atoms with Crippen molar-refractivity contribution >= 4 is 0 Å². The summed E-state index contributed by atoms with van der Waals surface area (Å²) in [5.41, 5.74) is 1.83. The molecule has 1 saturated carbocycles. The normalized spacial score (nSPS) is 25.4. The number of hydrogen-bond acceptors (Lipinski definition) is 2. The third kappa shape index (κ3) is 3.54. The summed E-state index contributed by atoms with van der Waals surface area (Å²) in [4.78, 5) is 0. The standard InChI is InChI=1S/C18H29NO/c1-5-19-13-14-10-11-18(2,3)12-16(14)15-8-6-7-9-17(15)20-4/h6-9,14,16,19H,5,10-13H2,1-4H3. The van der Waals surface area contributed by atoms with Crippen molar-refractivity contribution in [3.8, 4) is 5.75 Å².